The topological polar surface area (TPSA) is 66.7 Å². The molecule has 6 heteroatoms. The molecule has 2 aromatic heterocycles. The van der Waals surface area contributed by atoms with Crippen molar-refractivity contribution in [2.45, 2.75) is 52.6 Å². The molecule has 2 amide bonds. The third kappa shape index (κ3) is 3.25. The number of hydrogen-bond acceptors (Lipinski definition) is 3. The van der Waals surface area contributed by atoms with Crippen LogP contribution in [0, 0.1) is 5.92 Å². The Morgan fingerprint density at radius 3 is 2.72 bits per heavy atom. The monoisotopic (exact) mass is 342 g/mol. The van der Waals surface area contributed by atoms with Crippen molar-refractivity contribution in [1.29, 1.82) is 0 Å². The van der Waals surface area contributed by atoms with Crippen LogP contribution in [-0.4, -0.2) is 38.7 Å². The molecule has 3 heterocycles. The number of hydrogen-bond donors (Lipinski definition) is 1. The number of fused-ring (bicyclic) bond motifs is 1. The number of carbonyl (C=O) groups excluding carboxylic acids is 2. The minimum absolute atomic E-state index is 0.0506. The van der Waals surface area contributed by atoms with E-state index in [0.717, 1.165) is 30.7 Å². The van der Waals surface area contributed by atoms with E-state index in [-0.39, 0.29) is 23.9 Å². The first-order valence-electron chi connectivity index (χ1n) is 8.95. The van der Waals surface area contributed by atoms with E-state index < -0.39 is 0 Å². The molecule has 25 heavy (non-hydrogen) atoms. The van der Waals surface area contributed by atoms with Crippen LogP contribution in [0.1, 0.15) is 62.9 Å². The summed E-state index contributed by atoms with van der Waals surface area (Å²) in [6.07, 6.45) is 3.74. The molecule has 0 aromatic carbocycles. The molecule has 1 saturated heterocycles. The average molecular weight is 342 g/mol. The first kappa shape index (κ1) is 17.5. The summed E-state index contributed by atoms with van der Waals surface area (Å²) in [6.45, 7) is 8.48. The largest absolute Gasteiger partial charge is 0.348 e. The van der Waals surface area contributed by atoms with Crippen LogP contribution in [0.2, 0.25) is 0 Å². The summed E-state index contributed by atoms with van der Waals surface area (Å²) in [5.74, 6) is 1.00. The molecule has 1 aliphatic rings. The van der Waals surface area contributed by atoms with Crippen LogP contribution in [0.25, 0.3) is 5.52 Å². The van der Waals surface area contributed by atoms with Gasteiger partial charge in [-0.25, -0.2) is 4.98 Å². The molecule has 1 aliphatic heterocycles. The Morgan fingerprint density at radius 1 is 1.28 bits per heavy atom. The number of nitrogens with one attached hydrogen (secondary N) is 1. The number of carbonyl (C=O) groups is 2. The van der Waals surface area contributed by atoms with Crippen molar-refractivity contribution < 1.29 is 9.59 Å². The van der Waals surface area contributed by atoms with Crippen molar-refractivity contribution >= 4 is 17.3 Å². The molecule has 2 aromatic rings. The van der Waals surface area contributed by atoms with Crippen molar-refractivity contribution in [3.63, 3.8) is 0 Å². The van der Waals surface area contributed by atoms with Gasteiger partial charge in [-0.15, -0.1) is 0 Å². The Bertz CT molecular complexity index is 796. The molecule has 3 rings (SSSR count). The lowest BCUT2D eigenvalue weighted by atomic mass is 10.1. The molecule has 0 radical (unpaired) electrons. The zero-order valence-corrected chi connectivity index (χ0v) is 15.3. The molecule has 1 fully saturated rings. The molecule has 1 N–H and O–H groups in total. The number of likely N-dealkylation sites (tertiary alicyclic amines) is 1. The van der Waals surface area contributed by atoms with E-state index in [1.807, 2.05) is 40.6 Å². The Labute approximate surface area is 148 Å². The zero-order valence-electron chi connectivity index (χ0n) is 15.3. The standard InChI is InChI=1S/C19H26N4O2/c1-12(2)13(3)20-19(25)17-15-8-5-6-10-23(15)18(21-17)16-9-7-11-22(16)14(4)24/h5-6,8,10,12-13,16H,7,9,11H2,1-4H3,(H,20,25). The molecule has 0 spiro atoms. The minimum atomic E-state index is -0.163. The number of amides is 2. The molecule has 0 aliphatic carbocycles. The lowest BCUT2D eigenvalue weighted by Gasteiger charge is -2.22. The predicted molar refractivity (Wildman–Crippen MR) is 96.3 cm³/mol. The highest BCUT2D eigenvalue weighted by molar-refractivity contribution is 5.99. The van der Waals surface area contributed by atoms with E-state index in [1.54, 1.807) is 6.92 Å². The van der Waals surface area contributed by atoms with Gasteiger partial charge in [-0.05, 0) is 37.8 Å². The van der Waals surface area contributed by atoms with E-state index in [2.05, 4.69) is 24.1 Å². The van der Waals surface area contributed by atoms with Gasteiger partial charge >= 0.3 is 0 Å². The van der Waals surface area contributed by atoms with Gasteiger partial charge in [0.25, 0.3) is 5.91 Å². The van der Waals surface area contributed by atoms with E-state index >= 15 is 0 Å². The van der Waals surface area contributed by atoms with Crippen molar-refractivity contribution in [3.8, 4) is 0 Å². The van der Waals surface area contributed by atoms with Crippen LogP contribution in [0.15, 0.2) is 24.4 Å². The van der Waals surface area contributed by atoms with E-state index in [1.165, 1.54) is 0 Å². The first-order valence-corrected chi connectivity index (χ1v) is 8.95. The van der Waals surface area contributed by atoms with Crippen molar-refractivity contribution in [2.24, 2.45) is 5.92 Å². The van der Waals surface area contributed by atoms with Crippen LogP contribution in [0.3, 0.4) is 0 Å². The average Bonchev–Trinajstić information content (AvgIpc) is 3.19. The van der Waals surface area contributed by atoms with Gasteiger partial charge in [0.2, 0.25) is 5.91 Å². The van der Waals surface area contributed by atoms with E-state index in [4.69, 9.17) is 0 Å². The molecule has 0 bridgehead atoms. The van der Waals surface area contributed by atoms with Gasteiger partial charge in [0.05, 0.1) is 11.6 Å². The summed E-state index contributed by atoms with van der Waals surface area (Å²) in [5.41, 5.74) is 1.21. The third-order valence-corrected chi connectivity index (χ3v) is 5.10. The van der Waals surface area contributed by atoms with Gasteiger partial charge < -0.3 is 14.6 Å². The maximum Gasteiger partial charge on any atom is 0.272 e. The predicted octanol–water partition coefficient (Wildman–Crippen LogP) is 2.79. The van der Waals surface area contributed by atoms with Crippen LogP contribution in [-0.2, 0) is 4.79 Å². The molecule has 2 unspecified atom stereocenters. The van der Waals surface area contributed by atoms with Crippen LogP contribution < -0.4 is 5.32 Å². The molecule has 6 nitrogen and oxygen atoms in total. The van der Waals surface area contributed by atoms with Gasteiger partial charge in [-0.1, -0.05) is 19.9 Å². The first-order chi connectivity index (χ1) is 11.9. The lowest BCUT2D eigenvalue weighted by Crippen LogP contribution is -2.36. The van der Waals surface area contributed by atoms with E-state index in [9.17, 15) is 9.59 Å². The minimum Gasteiger partial charge on any atom is -0.348 e. The summed E-state index contributed by atoms with van der Waals surface area (Å²) in [6, 6.07) is 5.72. The molecule has 2 atom stereocenters. The molecular formula is C19H26N4O2. The van der Waals surface area contributed by atoms with Gasteiger partial charge in [-0.2, -0.15) is 0 Å². The maximum absolute atomic E-state index is 12.7. The van der Waals surface area contributed by atoms with E-state index in [0.29, 0.717) is 11.6 Å². The van der Waals surface area contributed by atoms with Gasteiger partial charge in [0.1, 0.15) is 5.82 Å². The smallest absolute Gasteiger partial charge is 0.272 e. The highest BCUT2D eigenvalue weighted by atomic mass is 16.2. The summed E-state index contributed by atoms with van der Waals surface area (Å²) in [7, 11) is 0. The Morgan fingerprint density at radius 2 is 2.04 bits per heavy atom. The zero-order chi connectivity index (χ0) is 18.1. The number of nitrogens with zero attached hydrogens (tertiary/aromatic N) is 3. The Balaban J connectivity index is 2.01. The lowest BCUT2D eigenvalue weighted by molar-refractivity contribution is -0.129. The second kappa shape index (κ2) is 6.86. The van der Waals surface area contributed by atoms with Crippen LogP contribution in [0.5, 0.6) is 0 Å². The van der Waals surface area contributed by atoms with Gasteiger partial charge in [0, 0.05) is 25.7 Å². The summed E-state index contributed by atoms with van der Waals surface area (Å²) in [5, 5.41) is 3.03. The second-order valence-electron chi connectivity index (χ2n) is 7.15. The molecule has 134 valence electrons. The highest BCUT2D eigenvalue weighted by Gasteiger charge is 2.32. The number of aromatic nitrogens is 2. The van der Waals surface area contributed by atoms with Crippen molar-refractivity contribution in [3.05, 3.63) is 35.9 Å². The summed E-state index contributed by atoms with van der Waals surface area (Å²) < 4.78 is 1.95. The molecular weight excluding hydrogens is 316 g/mol. The Kier molecular flexibility index (Phi) is 4.79. The third-order valence-electron chi connectivity index (χ3n) is 5.10. The summed E-state index contributed by atoms with van der Waals surface area (Å²) in [4.78, 5) is 31.2. The normalized spacial score (nSPS) is 18.8. The molecule has 0 saturated carbocycles. The van der Waals surface area contributed by atoms with Crippen LogP contribution >= 0.6 is 0 Å². The quantitative estimate of drug-likeness (QED) is 0.929. The highest BCUT2D eigenvalue weighted by Crippen LogP contribution is 2.32. The number of pyridine rings is 1. The Hall–Kier alpha value is -2.37. The maximum atomic E-state index is 12.7. The van der Waals surface area contributed by atoms with Gasteiger partial charge in [-0.3, -0.25) is 9.59 Å². The summed E-state index contributed by atoms with van der Waals surface area (Å²) >= 11 is 0. The number of imidazole rings is 1. The fourth-order valence-corrected chi connectivity index (χ4v) is 3.32. The van der Waals surface area contributed by atoms with Crippen LogP contribution in [0.4, 0.5) is 0 Å². The SMILES string of the molecule is CC(=O)N1CCCC1c1nc(C(=O)NC(C)C(C)C)c2ccccn12. The van der Waals surface area contributed by atoms with Crippen molar-refractivity contribution in [2.75, 3.05) is 6.54 Å². The van der Waals surface area contributed by atoms with Gasteiger partial charge in [0.15, 0.2) is 5.69 Å². The van der Waals surface area contributed by atoms with Crippen molar-refractivity contribution in [1.82, 2.24) is 19.6 Å². The fourth-order valence-electron chi connectivity index (χ4n) is 3.32. The fraction of sp³-hybridized carbons (Fsp3) is 0.526. The second-order valence-corrected chi connectivity index (χ2v) is 7.15. The number of rotatable bonds is 4.